The number of anilines is 1. The van der Waals surface area contributed by atoms with Gasteiger partial charge in [-0.2, -0.15) is 0 Å². The number of amides is 1. The maximum absolute atomic E-state index is 13.0. The Hall–Kier alpha value is -2.12. The van der Waals surface area contributed by atoms with E-state index in [0.29, 0.717) is 22.9 Å². The highest BCUT2D eigenvalue weighted by Crippen LogP contribution is 2.32. The molecule has 0 aliphatic carbocycles. The van der Waals surface area contributed by atoms with Crippen LogP contribution < -0.4 is 4.90 Å². The summed E-state index contributed by atoms with van der Waals surface area (Å²) in [4.78, 5) is 30.2. The molecule has 3 heterocycles. The van der Waals surface area contributed by atoms with Crippen molar-refractivity contribution in [1.29, 1.82) is 0 Å². The Balaban J connectivity index is 1.65. The van der Waals surface area contributed by atoms with Gasteiger partial charge in [-0.15, -0.1) is 0 Å². The number of thiazole rings is 1. The van der Waals surface area contributed by atoms with Crippen LogP contribution in [0.5, 0.6) is 0 Å². The predicted molar refractivity (Wildman–Crippen MR) is 101 cm³/mol. The molecule has 1 aromatic carbocycles. The first-order valence-electron chi connectivity index (χ1n) is 8.05. The van der Waals surface area contributed by atoms with Crippen LogP contribution >= 0.6 is 22.9 Å². The lowest BCUT2D eigenvalue weighted by molar-refractivity contribution is 0.0649. The number of halogens is 1. The van der Waals surface area contributed by atoms with Crippen molar-refractivity contribution in [2.75, 3.05) is 19.0 Å². The Morgan fingerprint density at radius 3 is 2.92 bits per heavy atom. The third kappa shape index (κ3) is 2.77. The number of rotatable bonds is 2. The number of aromatic amines is 1. The van der Waals surface area contributed by atoms with Crippen LogP contribution in [0.1, 0.15) is 28.1 Å². The van der Waals surface area contributed by atoms with Gasteiger partial charge in [-0.1, -0.05) is 29.0 Å². The quantitative estimate of drug-likeness (QED) is 0.746. The summed E-state index contributed by atoms with van der Waals surface area (Å²) in [6.07, 6.45) is 0.756. The molecule has 0 saturated heterocycles. The third-order valence-electron chi connectivity index (χ3n) is 4.41. The van der Waals surface area contributed by atoms with E-state index >= 15 is 0 Å². The molecule has 6 nitrogen and oxygen atoms in total. The molecule has 0 fully saturated rings. The summed E-state index contributed by atoms with van der Waals surface area (Å²) >= 11 is 7.81. The van der Waals surface area contributed by atoms with E-state index in [1.807, 2.05) is 43.0 Å². The fourth-order valence-corrected chi connectivity index (χ4v) is 4.28. The zero-order valence-corrected chi connectivity index (χ0v) is 15.8. The maximum Gasteiger partial charge on any atom is 0.290 e. The molecule has 0 spiro atoms. The number of carbonyl (C=O) groups is 1. The van der Waals surface area contributed by atoms with E-state index in [0.717, 1.165) is 27.6 Å². The second kappa shape index (κ2) is 6.00. The van der Waals surface area contributed by atoms with Crippen molar-refractivity contribution in [3.05, 3.63) is 39.6 Å². The van der Waals surface area contributed by atoms with Gasteiger partial charge in [0.25, 0.3) is 5.91 Å². The van der Waals surface area contributed by atoms with Crippen LogP contribution in [-0.2, 0) is 13.0 Å². The van der Waals surface area contributed by atoms with Crippen molar-refractivity contribution in [2.24, 2.45) is 0 Å². The standard InChI is InChI=1S/C17H18ClN5OS/c1-9-7-12-13(25-17(20-12)22(2)3)8-23(9)16(24)15-19-11-6-4-5-10(18)14(11)21-15/h4-6,9H,7-8H2,1-3H3,(H,19,21)/t9-/m1/s1. The highest BCUT2D eigenvalue weighted by Gasteiger charge is 2.31. The molecule has 130 valence electrons. The number of nitrogens with one attached hydrogen (secondary N) is 1. The zero-order valence-electron chi connectivity index (χ0n) is 14.2. The number of nitrogens with zero attached hydrogens (tertiary/aromatic N) is 4. The van der Waals surface area contributed by atoms with Crippen LogP contribution in [0.4, 0.5) is 5.13 Å². The molecule has 0 radical (unpaired) electrons. The first-order valence-corrected chi connectivity index (χ1v) is 9.24. The fraction of sp³-hybridized carbons (Fsp3) is 0.353. The molecule has 2 aromatic heterocycles. The summed E-state index contributed by atoms with van der Waals surface area (Å²) in [6.45, 7) is 2.61. The van der Waals surface area contributed by atoms with Crippen LogP contribution in [-0.4, -0.2) is 45.9 Å². The average Bonchev–Trinajstić information content (AvgIpc) is 3.17. The first kappa shape index (κ1) is 16.4. The van der Waals surface area contributed by atoms with Crippen molar-refractivity contribution in [3.63, 3.8) is 0 Å². The Bertz CT molecular complexity index is 963. The molecule has 3 aromatic rings. The van der Waals surface area contributed by atoms with Gasteiger partial charge in [-0.25, -0.2) is 9.97 Å². The van der Waals surface area contributed by atoms with E-state index in [9.17, 15) is 4.79 Å². The van der Waals surface area contributed by atoms with Crippen molar-refractivity contribution in [2.45, 2.75) is 25.9 Å². The molecular formula is C17H18ClN5OS. The number of hydrogen-bond acceptors (Lipinski definition) is 5. The van der Waals surface area contributed by atoms with Crippen LogP contribution in [0, 0.1) is 0 Å². The Kier molecular flexibility index (Phi) is 3.92. The summed E-state index contributed by atoms with van der Waals surface area (Å²) in [5.74, 6) is 0.223. The van der Waals surface area contributed by atoms with Gasteiger partial charge in [-0.05, 0) is 19.1 Å². The first-order chi connectivity index (χ1) is 11.9. The summed E-state index contributed by atoms with van der Waals surface area (Å²) in [5.41, 5.74) is 2.50. The van der Waals surface area contributed by atoms with E-state index in [2.05, 4.69) is 15.0 Å². The lowest BCUT2D eigenvalue weighted by Gasteiger charge is -2.31. The van der Waals surface area contributed by atoms with Crippen molar-refractivity contribution >= 4 is 45.0 Å². The van der Waals surface area contributed by atoms with Crippen molar-refractivity contribution < 1.29 is 4.79 Å². The minimum atomic E-state index is -0.106. The van der Waals surface area contributed by atoms with Crippen molar-refractivity contribution in [1.82, 2.24) is 19.9 Å². The molecule has 8 heteroatoms. The average molecular weight is 376 g/mol. The topological polar surface area (TPSA) is 65.1 Å². The van der Waals surface area contributed by atoms with E-state index in [-0.39, 0.29) is 11.9 Å². The van der Waals surface area contributed by atoms with E-state index in [4.69, 9.17) is 11.6 Å². The number of para-hydroxylation sites is 1. The largest absolute Gasteiger partial charge is 0.354 e. The Labute approximate surface area is 154 Å². The highest BCUT2D eigenvalue weighted by atomic mass is 35.5. The number of fused-ring (bicyclic) bond motifs is 2. The van der Waals surface area contributed by atoms with Crippen LogP contribution in [0.3, 0.4) is 0 Å². The van der Waals surface area contributed by atoms with E-state index in [1.165, 1.54) is 0 Å². The molecular weight excluding hydrogens is 358 g/mol. The summed E-state index contributed by atoms with van der Waals surface area (Å²) in [7, 11) is 3.96. The van der Waals surface area contributed by atoms with Gasteiger partial charge < -0.3 is 14.8 Å². The molecule has 1 N–H and O–H groups in total. The number of imidazole rings is 1. The number of H-pyrrole nitrogens is 1. The fourth-order valence-electron chi connectivity index (χ4n) is 3.05. The summed E-state index contributed by atoms with van der Waals surface area (Å²) in [5, 5.41) is 1.52. The normalized spacial score (nSPS) is 17.0. The molecule has 4 rings (SSSR count). The molecule has 1 amide bonds. The maximum atomic E-state index is 13.0. The summed E-state index contributed by atoms with van der Waals surface area (Å²) in [6, 6.07) is 5.55. The summed E-state index contributed by atoms with van der Waals surface area (Å²) < 4.78 is 0. The minimum absolute atomic E-state index is 0.0702. The molecule has 0 saturated carbocycles. The number of carbonyl (C=O) groups excluding carboxylic acids is 1. The van der Waals surface area contributed by atoms with Crippen LogP contribution in [0.25, 0.3) is 11.0 Å². The number of aromatic nitrogens is 3. The molecule has 1 atom stereocenters. The Morgan fingerprint density at radius 1 is 1.40 bits per heavy atom. The predicted octanol–water partition coefficient (Wildman–Crippen LogP) is 3.33. The van der Waals surface area contributed by atoms with Gasteiger partial charge in [0.2, 0.25) is 0 Å². The highest BCUT2D eigenvalue weighted by molar-refractivity contribution is 7.15. The van der Waals surface area contributed by atoms with Gasteiger partial charge in [0.1, 0.15) is 5.52 Å². The molecule has 1 aliphatic heterocycles. The molecule has 25 heavy (non-hydrogen) atoms. The van der Waals surface area contributed by atoms with Gasteiger partial charge in [0.05, 0.1) is 22.8 Å². The van der Waals surface area contributed by atoms with Crippen LogP contribution in [0.2, 0.25) is 5.02 Å². The molecule has 0 unspecified atom stereocenters. The zero-order chi connectivity index (χ0) is 17.7. The lowest BCUT2D eigenvalue weighted by Crippen LogP contribution is -2.42. The van der Waals surface area contributed by atoms with E-state index < -0.39 is 0 Å². The van der Waals surface area contributed by atoms with Crippen LogP contribution in [0.15, 0.2) is 18.2 Å². The number of benzene rings is 1. The lowest BCUT2D eigenvalue weighted by atomic mass is 10.1. The number of hydrogen-bond donors (Lipinski definition) is 1. The minimum Gasteiger partial charge on any atom is -0.354 e. The molecule has 1 aliphatic rings. The second-order valence-electron chi connectivity index (χ2n) is 6.47. The molecule has 0 bridgehead atoms. The van der Waals surface area contributed by atoms with Crippen molar-refractivity contribution in [3.8, 4) is 0 Å². The third-order valence-corrected chi connectivity index (χ3v) is 5.97. The second-order valence-corrected chi connectivity index (χ2v) is 7.94. The Morgan fingerprint density at radius 2 is 2.20 bits per heavy atom. The monoisotopic (exact) mass is 375 g/mol. The van der Waals surface area contributed by atoms with Gasteiger partial charge >= 0.3 is 0 Å². The SMILES string of the molecule is C[C@@H]1Cc2nc(N(C)C)sc2CN1C(=O)c1nc2c(Cl)cccc2[nH]1. The van der Waals surface area contributed by atoms with Gasteiger partial charge in [0.15, 0.2) is 11.0 Å². The smallest absolute Gasteiger partial charge is 0.290 e. The van der Waals surface area contributed by atoms with Gasteiger partial charge in [-0.3, -0.25) is 4.79 Å². The van der Waals surface area contributed by atoms with Gasteiger partial charge in [0, 0.05) is 31.4 Å². The van der Waals surface area contributed by atoms with E-state index in [1.54, 1.807) is 17.4 Å².